The maximum atomic E-state index is 13.2. The van der Waals surface area contributed by atoms with Gasteiger partial charge in [0.25, 0.3) is 0 Å². The Hall–Kier alpha value is -2.59. The highest BCUT2D eigenvalue weighted by atomic mass is 16.5. The number of ketones is 1. The number of carbonyl (C=O) groups is 1. The summed E-state index contributed by atoms with van der Waals surface area (Å²) < 4.78 is 5.57. The molecule has 0 unspecified atom stereocenters. The monoisotopic (exact) mass is 418 g/mol. The van der Waals surface area contributed by atoms with Gasteiger partial charge in [0, 0.05) is 28.2 Å². The van der Waals surface area contributed by atoms with Crippen LogP contribution < -0.4 is 4.74 Å². The standard InChI is InChI=1S/C27H34N2O2/c1-3-5-6-14-29-15-12-20(13-16-29)25-19-28-26-11-10-22(18-24(25)26)27(30)21-8-7-9-23(17-21)31-4-2/h7-11,17-20,28H,3-6,12-16H2,1-2H3. The zero-order valence-electron chi connectivity index (χ0n) is 18.8. The van der Waals surface area contributed by atoms with E-state index in [0.29, 0.717) is 18.1 Å². The van der Waals surface area contributed by atoms with E-state index in [9.17, 15) is 4.79 Å². The van der Waals surface area contributed by atoms with Crippen molar-refractivity contribution in [3.8, 4) is 5.75 Å². The number of hydrogen-bond donors (Lipinski definition) is 1. The number of likely N-dealkylation sites (tertiary alicyclic amines) is 1. The second-order valence-corrected chi connectivity index (χ2v) is 8.62. The van der Waals surface area contributed by atoms with Crippen LogP contribution in [0.25, 0.3) is 10.9 Å². The van der Waals surface area contributed by atoms with Gasteiger partial charge < -0.3 is 14.6 Å². The van der Waals surface area contributed by atoms with E-state index in [1.807, 2.05) is 43.3 Å². The molecule has 1 N–H and O–H groups in total. The molecular formula is C27H34N2O2. The summed E-state index contributed by atoms with van der Waals surface area (Å²) in [6.45, 7) is 8.37. The Morgan fingerprint density at radius 2 is 1.87 bits per heavy atom. The van der Waals surface area contributed by atoms with Crippen LogP contribution in [0.3, 0.4) is 0 Å². The number of nitrogens with zero attached hydrogens (tertiary/aromatic N) is 1. The van der Waals surface area contributed by atoms with Gasteiger partial charge in [-0.25, -0.2) is 0 Å². The molecule has 1 aliphatic heterocycles. The number of aromatic amines is 1. The van der Waals surface area contributed by atoms with E-state index < -0.39 is 0 Å². The van der Waals surface area contributed by atoms with Crippen LogP contribution in [0.5, 0.6) is 5.75 Å². The van der Waals surface area contributed by atoms with E-state index in [0.717, 1.165) is 16.8 Å². The molecule has 0 bridgehead atoms. The highest BCUT2D eigenvalue weighted by Gasteiger charge is 2.23. The number of rotatable bonds is 9. The Balaban J connectivity index is 1.51. The Labute approximate surface area is 185 Å². The third-order valence-electron chi connectivity index (χ3n) is 6.49. The largest absolute Gasteiger partial charge is 0.494 e. The lowest BCUT2D eigenvalue weighted by Gasteiger charge is -2.32. The molecular weight excluding hydrogens is 384 g/mol. The van der Waals surface area contributed by atoms with Gasteiger partial charge in [-0.05, 0) is 87.6 Å². The lowest BCUT2D eigenvalue weighted by Crippen LogP contribution is -2.33. The van der Waals surface area contributed by atoms with Gasteiger partial charge in [0.05, 0.1) is 6.61 Å². The van der Waals surface area contributed by atoms with Crippen molar-refractivity contribution in [1.29, 1.82) is 0 Å². The Morgan fingerprint density at radius 1 is 1.06 bits per heavy atom. The van der Waals surface area contributed by atoms with Crippen LogP contribution >= 0.6 is 0 Å². The number of carbonyl (C=O) groups excluding carboxylic acids is 1. The molecule has 164 valence electrons. The number of hydrogen-bond acceptors (Lipinski definition) is 3. The second kappa shape index (κ2) is 10.1. The molecule has 4 nitrogen and oxygen atoms in total. The molecule has 1 aliphatic rings. The molecule has 2 aromatic carbocycles. The molecule has 1 fully saturated rings. The van der Waals surface area contributed by atoms with Crippen LogP contribution in [0.4, 0.5) is 0 Å². The molecule has 1 aromatic heterocycles. The summed E-state index contributed by atoms with van der Waals surface area (Å²) in [7, 11) is 0. The molecule has 0 radical (unpaired) electrons. The van der Waals surface area contributed by atoms with E-state index in [-0.39, 0.29) is 5.78 Å². The van der Waals surface area contributed by atoms with Gasteiger partial charge in [-0.2, -0.15) is 0 Å². The first kappa shape index (κ1) is 21.6. The number of unbranched alkanes of at least 4 members (excludes halogenated alkanes) is 2. The van der Waals surface area contributed by atoms with Gasteiger partial charge in [-0.3, -0.25) is 4.79 Å². The number of benzene rings is 2. The Kier molecular flexibility index (Phi) is 7.08. The third kappa shape index (κ3) is 5.01. The highest BCUT2D eigenvalue weighted by Crippen LogP contribution is 2.34. The van der Waals surface area contributed by atoms with Gasteiger partial charge in [-0.1, -0.05) is 31.9 Å². The summed E-state index contributed by atoms with van der Waals surface area (Å²) in [5.41, 5.74) is 3.88. The molecule has 31 heavy (non-hydrogen) atoms. The number of ether oxygens (including phenoxy) is 1. The predicted molar refractivity (Wildman–Crippen MR) is 127 cm³/mol. The Morgan fingerprint density at radius 3 is 2.65 bits per heavy atom. The van der Waals surface area contributed by atoms with Gasteiger partial charge in [-0.15, -0.1) is 0 Å². The van der Waals surface area contributed by atoms with E-state index in [1.54, 1.807) is 0 Å². The molecule has 0 amide bonds. The third-order valence-corrected chi connectivity index (χ3v) is 6.49. The smallest absolute Gasteiger partial charge is 0.193 e. The normalized spacial score (nSPS) is 15.4. The summed E-state index contributed by atoms with van der Waals surface area (Å²) in [4.78, 5) is 19.2. The van der Waals surface area contributed by atoms with Crippen LogP contribution in [0.2, 0.25) is 0 Å². The van der Waals surface area contributed by atoms with Crippen LogP contribution in [-0.2, 0) is 0 Å². The SMILES string of the molecule is CCCCCN1CCC(c2c[nH]c3ccc(C(=O)c4cccc(OCC)c4)cc23)CC1. The lowest BCUT2D eigenvalue weighted by atomic mass is 9.88. The summed E-state index contributed by atoms with van der Waals surface area (Å²) in [5.74, 6) is 1.34. The van der Waals surface area contributed by atoms with Crippen LogP contribution in [0.15, 0.2) is 48.7 Å². The maximum Gasteiger partial charge on any atom is 0.193 e. The average Bonchev–Trinajstić information content (AvgIpc) is 3.23. The molecule has 4 heteroatoms. The highest BCUT2D eigenvalue weighted by molar-refractivity contribution is 6.10. The lowest BCUT2D eigenvalue weighted by molar-refractivity contribution is 0.103. The predicted octanol–water partition coefficient (Wildman–Crippen LogP) is 6.17. The molecule has 0 atom stereocenters. The number of H-pyrrole nitrogens is 1. The van der Waals surface area contributed by atoms with Gasteiger partial charge in [0.1, 0.15) is 5.75 Å². The summed E-state index contributed by atoms with van der Waals surface area (Å²) >= 11 is 0. The van der Waals surface area contributed by atoms with Crippen molar-refractivity contribution in [3.05, 3.63) is 65.4 Å². The van der Waals surface area contributed by atoms with Crippen molar-refractivity contribution in [3.63, 3.8) is 0 Å². The van der Waals surface area contributed by atoms with Crippen molar-refractivity contribution in [1.82, 2.24) is 9.88 Å². The number of nitrogens with one attached hydrogen (secondary N) is 1. The van der Waals surface area contributed by atoms with E-state index in [1.165, 1.54) is 62.7 Å². The number of piperidine rings is 1. The fraction of sp³-hybridized carbons (Fsp3) is 0.444. The molecule has 0 saturated carbocycles. The van der Waals surface area contributed by atoms with Crippen LogP contribution in [0.1, 0.15) is 73.4 Å². The summed E-state index contributed by atoms with van der Waals surface area (Å²) in [6, 6.07) is 13.5. The fourth-order valence-corrected chi connectivity index (χ4v) is 4.73. The fourth-order valence-electron chi connectivity index (χ4n) is 4.73. The minimum Gasteiger partial charge on any atom is -0.494 e. The molecule has 3 aromatic rings. The number of fused-ring (bicyclic) bond motifs is 1. The first-order valence-electron chi connectivity index (χ1n) is 11.8. The zero-order chi connectivity index (χ0) is 21.6. The molecule has 2 heterocycles. The van der Waals surface area contributed by atoms with Crippen molar-refractivity contribution in [2.45, 2.75) is 51.9 Å². The van der Waals surface area contributed by atoms with Crippen LogP contribution in [0, 0.1) is 0 Å². The van der Waals surface area contributed by atoms with Gasteiger partial charge in [0.15, 0.2) is 5.78 Å². The summed E-state index contributed by atoms with van der Waals surface area (Å²) in [6.07, 6.45) is 8.45. The van der Waals surface area contributed by atoms with Gasteiger partial charge >= 0.3 is 0 Å². The van der Waals surface area contributed by atoms with Crippen molar-refractivity contribution in [2.75, 3.05) is 26.2 Å². The van der Waals surface area contributed by atoms with E-state index in [2.05, 4.69) is 29.1 Å². The van der Waals surface area contributed by atoms with Gasteiger partial charge in [0.2, 0.25) is 0 Å². The minimum atomic E-state index is 0.0429. The Bertz CT molecular complexity index is 1020. The number of aromatic nitrogens is 1. The second-order valence-electron chi connectivity index (χ2n) is 8.62. The first-order chi connectivity index (χ1) is 15.2. The first-order valence-corrected chi connectivity index (χ1v) is 11.8. The minimum absolute atomic E-state index is 0.0429. The molecule has 0 spiro atoms. The molecule has 0 aliphatic carbocycles. The molecule has 4 rings (SSSR count). The average molecular weight is 419 g/mol. The topological polar surface area (TPSA) is 45.3 Å². The van der Waals surface area contributed by atoms with Crippen molar-refractivity contribution >= 4 is 16.7 Å². The molecule has 1 saturated heterocycles. The van der Waals surface area contributed by atoms with E-state index >= 15 is 0 Å². The van der Waals surface area contributed by atoms with Crippen LogP contribution in [-0.4, -0.2) is 41.9 Å². The maximum absolute atomic E-state index is 13.2. The van der Waals surface area contributed by atoms with Crippen molar-refractivity contribution in [2.24, 2.45) is 0 Å². The van der Waals surface area contributed by atoms with Crippen molar-refractivity contribution < 1.29 is 9.53 Å². The summed E-state index contributed by atoms with van der Waals surface area (Å²) in [5, 5.41) is 1.19. The zero-order valence-corrected chi connectivity index (χ0v) is 18.8. The quantitative estimate of drug-likeness (QED) is 0.334. The van der Waals surface area contributed by atoms with E-state index in [4.69, 9.17) is 4.74 Å².